The normalized spacial score (nSPS) is 10.9. The Morgan fingerprint density at radius 2 is 1.83 bits per heavy atom. The highest BCUT2D eigenvalue weighted by atomic mass is 35.5. The van der Waals surface area contributed by atoms with Crippen molar-refractivity contribution in [3.63, 3.8) is 0 Å². The van der Waals surface area contributed by atoms with Crippen molar-refractivity contribution in [3.8, 4) is 0 Å². The van der Waals surface area contributed by atoms with Crippen LogP contribution in [0.1, 0.15) is 27.7 Å². The van der Waals surface area contributed by atoms with E-state index in [1.165, 1.54) is 0 Å². The highest BCUT2D eigenvalue weighted by Crippen LogP contribution is 2.06. The number of carbonyl (C=O) groups is 1. The molecule has 2 nitrogen and oxygen atoms in total. The molecule has 12 heavy (non-hydrogen) atoms. The molecule has 0 saturated carbocycles. The lowest BCUT2D eigenvalue weighted by molar-refractivity contribution is -0.135. The van der Waals surface area contributed by atoms with E-state index in [0.29, 0.717) is 12.4 Å². The van der Waals surface area contributed by atoms with Crippen LogP contribution in [0.25, 0.3) is 0 Å². The van der Waals surface area contributed by atoms with Gasteiger partial charge in [0.2, 0.25) is 5.91 Å². The zero-order valence-electron chi connectivity index (χ0n) is 8.30. The molecule has 0 radical (unpaired) electrons. The fourth-order valence-corrected chi connectivity index (χ4v) is 1.23. The number of hydrogen-bond donors (Lipinski definition) is 0. The molecule has 0 heterocycles. The summed E-state index contributed by atoms with van der Waals surface area (Å²) < 4.78 is 0. The topological polar surface area (TPSA) is 20.3 Å². The molecule has 0 rings (SSSR count). The van der Waals surface area contributed by atoms with Gasteiger partial charge in [-0.25, -0.2) is 0 Å². The van der Waals surface area contributed by atoms with Crippen LogP contribution in [0.5, 0.6) is 0 Å². The number of rotatable bonds is 4. The van der Waals surface area contributed by atoms with Gasteiger partial charge >= 0.3 is 0 Å². The van der Waals surface area contributed by atoms with Crippen LogP contribution in [0.3, 0.4) is 0 Å². The molecule has 0 atom stereocenters. The first-order chi connectivity index (χ1) is 5.50. The molecule has 3 heteroatoms. The molecule has 0 fully saturated rings. The van der Waals surface area contributed by atoms with E-state index in [0.717, 1.165) is 0 Å². The summed E-state index contributed by atoms with van der Waals surface area (Å²) in [5.74, 6) is 0.762. The van der Waals surface area contributed by atoms with E-state index in [1.807, 2.05) is 32.6 Å². The molecule has 0 aliphatic rings. The van der Waals surface area contributed by atoms with E-state index in [1.54, 1.807) is 0 Å². The fourth-order valence-electron chi connectivity index (χ4n) is 1.05. The number of nitrogens with zero attached hydrogens (tertiary/aromatic N) is 1. The third-order valence-corrected chi connectivity index (χ3v) is 1.89. The lowest BCUT2D eigenvalue weighted by atomic mass is 10.1. The molecule has 0 spiro atoms. The van der Waals surface area contributed by atoms with Crippen LogP contribution in [0.2, 0.25) is 0 Å². The molecule has 0 N–H and O–H groups in total. The minimum absolute atomic E-state index is 0.0654. The van der Waals surface area contributed by atoms with E-state index in [-0.39, 0.29) is 17.9 Å². The highest BCUT2D eigenvalue weighted by Gasteiger charge is 2.18. The van der Waals surface area contributed by atoms with Gasteiger partial charge < -0.3 is 4.90 Å². The van der Waals surface area contributed by atoms with Gasteiger partial charge in [0.1, 0.15) is 0 Å². The smallest absolute Gasteiger partial charge is 0.225 e. The average molecular weight is 192 g/mol. The zero-order chi connectivity index (χ0) is 9.72. The van der Waals surface area contributed by atoms with Gasteiger partial charge in [-0.3, -0.25) is 4.79 Å². The summed E-state index contributed by atoms with van der Waals surface area (Å²) in [6.07, 6.45) is 0. The lowest BCUT2D eigenvalue weighted by Crippen LogP contribution is -2.40. The van der Waals surface area contributed by atoms with Crippen molar-refractivity contribution in [2.45, 2.75) is 33.7 Å². The quantitative estimate of drug-likeness (QED) is 0.624. The van der Waals surface area contributed by atoms with E-state index in [9.17, 15) is 4.79 Å². The maximum atomic E-state index is 11.5. The van der Waals surface area contributed by atoms with Crippen molar-refractivity contribution in [1.29, 1.82) is 0 Å². The Labute approximate surface area is 79.9 Å². The van der Waals surface area contributed by atoms with Gasteiger partial charge in [-0.05, 0) is 13.8 Å². The van der Waals surface area contributed by atoms with Gasteiger partial charge in [0, 0.05) is 24.4 Å². The first-order valence-electron chi connectivity index (χ1n) is 4.37. The Hall–Kier alpha value is -0.240. The average Bonchev–Trinajstić information content (AvgIpc) is 1.98. The monoisotopic (exact) mass is 191 g/mol. The largest absolute Gasteiger partial charge is 0.339 e. The summed E-state index contributed by atoms with van der Waals surface area (Å²) in [6, 6.07) is 0.249. The van der Waals surface area contributed by atoms with Crippen molar-refractivity contribution in [3.05, 3.63) is 0 Å². The predicted molar refractivity (Wildman–Crippen MR) is 52.4 cm³/mol. The van der Waals surface area contributed by atoms with Crippen molar-refractivity contribution < 1.29 is 4.79 Å². The SMILES string of the molecule is CC(C)C(=O)N(CCCl)C(C)C. The Bertz CT molecular complexity index is 145. The summed E-state index contributed by atoms with van der Waals surface area (Å²) in [5.41, 5.74) is 0. The van der Waals surface area contributed by atoms with Gasteiger partial charge in [0.05, 0.1) is 0 Å². The number of alkyl halides is 1. The second-order valence-electron chi connectivity index (χ2n) is 3.47. The first-order valence-corrected chi connectivity index (χ1v) is 4.90. The van der Waals surface area contributed by atoms with Crippen LogP contribution in [-0.2, 0) is 4.79 Å². The van der Waals surface area contributed by atoms with E-state index < -0.39 is 0 Å². The second kappa shape index (κ2) is 5.41. The summed E-state index contributed by atoms with van der Waals surface area (Å²) in [7, 11) is 0. The van der Waals surface area contributed by atoms with Crippen molar-refractivity contribution in [2.24, 2.45) is 5.92 Å². The summed E-state index contributed by atoms with van der Waals surface area (Å²) in [6.45, 7) is 8.48. The van der Waals surface area contributed by atoms with Crippen molar-refractivity contribution >= 4 is 17.5 Å². The molecule has 0 aromatic rings. The maximum Gasteiger partial charge on any atom is 0.225 e. The molecule has 0 aliphatic carbocycles. The van der Waals surface area contributed by atoms with Crippen LogP contribution < -0.4 is 0 Å². The van der Waals surface area contributed by atoms with Crippen LogP contribution >= 0.6 is 11.6 Å². The molecule has 72 valence electrons. The molecule has 0 bridgehead atoms. The minimum Gasteiger partial charge on any atom is -0.339 e. The molecule has 1 amide bonds. The summed E-state index contributed by atoms with van der Waals surface area (Å²) >= 11 is 5.60. The van der Waals surface area contributed by atoms with Gasteiger partial charge in [0.25, 0.3) is 0 Å². The third kappa shape index (κ3) is 3.44. The van der Waals surface area contributed by atoms with Crippen LogP contribution in [0, 0.1) is 5.92 Å². The Balaban J connectivity index is 4.19. The third-order valence-electron chi connectivity index (χ3n) is 1.73. The molecular formula is C9H18ClNO. The van der Waals surface area contributed by atoms with Crippen molar-refractivity contribution in [1.82, 2.24) is 4.90 Å². The highest BCUT2D eigenvalue weighted by molar-refractivity contribution is 6.18. The van der Waals surface area contributed by atoms with E-state index >= 15 is 0 Å². The van der Waals surface area contributed by atoms with E-state index in [2.05, 4.69) is 0 Å². The molecular weight excluding hydrogens is 174 g/mol. The van der Waals surface area contributed by atoms with Crippen LogP contribution in [0.4, 0.5) is 0 Å². The Kier molecular flexibility index (Phi) is 5.31. The minimum atomic E-state index is 0.0654. The van der Waals surface area contributed by atoms with Gasteiger partial charge in [-0.1, -0.05) is 13.8 Å². The standard InChI is InChI=1S/C9H18ClNO/c1-7(2)9(12)11(6-5-10)8(3)4/h7-8H,5-6H2,1-4H3. The lowest BCUT2D eigenvalue weighted by Gasteiger charge is -2.27. The predicted octanol–water partition coefficient (Wildman–Crippen LogP) is 2.12. The van der Waals surface area contributed by atoms with Crippen LogP contribution in [-0.4, -0.2) is 29.3 Å². The van der Waals surface area contributed by atoms with Crippen molar-refractivity contribution in [2.75, 3.05) is 12.4 Å². The van der Waals surface area contributed by atoms with Gasteiger partial charge in [-0.15, -0.1) is 11.6 Å². The number of hydrogen-bond acceptors (Lipinski definition) is 1. The second-order valence-corrected chi connectivity index (χ2v) is 3.85. The summed E-state index contributed by atoms with van der Waals surface area (Å²) in [4.78, 5) is 13.4. The Morgan fingerprint density at radius 3 is 2.08 bits per heavy atom. The zero-order valence-corrected chi connectivity index (χ0v) is 9.06. The number of halogens is 1. The number of carbonyl (C=O) groups excluding carboxylic acids is 1. The van der Waals surface area contributed by atoms with E-state index in [4.69, 9.17) is 11.6 Å². The molecule has 0 aromatic carbocycles. The first kappa shape index (κ1) is 11.8. The molecule has 0 aliphatic heterocycles. The molecule has 0 unspecified atom stereocenters. The Morgan fingerprint density at radius 1 is 1.33 bits per heavy atom. The molecule has 0 saturated heterocycles. The summed E-state index contributed by atoms with van der Waals surface area (Å²) in [5, 5.41) is 0. The fraction of sp³-hybridized carbons (Fsp3) is 0.889. The maximum absolute atomic E-state index is 11.5. The number of amides is 1. The van der Waals surface area contributed by atoms with Gasteiger partial charge in [-0.2, -0.15) is 0 Å². The van der Waals surface area contributed by atoms with Crippen LogP contribution in [0.15, 0.2) is 0 Å². The van der Waals surface area contributed by atoms with Gasteiger partial charge in [0.15, 0.2) is 0 Å². The molecule has 0 aromatic heterocycles.